The van der Waals surface area contributed by atoms with Crippen molar-refractivity contribution in [3.8, 4) is 0 Å². The molecule has 1 aromatic carbocycles. The zero-order chi connectivity index (χ0) is 31.8. The molecule has 4 rings (SSSR count). The van der Waals surface area contributed by atoms with Crippen LogP contribution in [0.25, 0.3) is 10.9 Å². The van der Waals surface area contributed by atoms with E-state index in [-0.39, 0.29) is 23.5 Å². The Kier molecular flexibility index (Phi) is 11.4. The van der Waals surface area contributed by atoms with Crippen molar-refractivity contribution in [2.45, 2.75) is 109 Å². The second-order valence-corrected chi connectivity index (χ2v) is 12.0. The third-order valence-corrected chi connectivity index (χ3v) is 9.11. The first-order valence-corrected chi connectivity index (χ1v) is 16.1. The fourth-order valence-corrected chi connectivity index (χ4v) is 6.21. The Bertz CT molecular complexity index is 1360. The Morgan fingerprint density at radius 2 is 1.75 bits per heavy atom. The number of Topliss-reactive ketones (excluding diaryl/α,β-unsaturated/α-hetero) is 1. The van der Waals surface area contributed by atoms with Crippen molar-refractivity contribution in [1.82, 2.24) is 25.6 Å². The zero-order valence-electron chi connectivity index (χ0n) is 26.4. The Hall–Kier alpha value is -3.89. The summed E-state index contributed by atoms with van der Waals surface area (Å²) in [5.41, 5.74) is 1.23. The van der Waals surface area contributed by atoms with Gasteiger partial charge in [0.25, 0.3) is 0 Å². The Labute approximate surface area is 259 Å². The second kappa shape index (κ2) is 15.2. The number of fused-ring (bicyclic) bond motifs is 2. The second-order valence-electron chi connectivity index (χ2n) is 12.0. The van der Waals surface area contributed by atoms with Gasteiger partial charge in [0.2, 0.25) is 23.6 Å². The van der Waals surface area contributed by atoms with Crippen LogP contribution in [0.1, 0.15) is 96.6 Å². The number of carbonyl (C=O) groups is 5. The number of benzene rings is 1. The fraction of sp³-hybridized carbons (Fsp3) is 0.606. The van der Waals surface area contributed by atoms with Crippen LogP contribution in [-0.4, -0.2) is 70.8 Å². The van der Waals surface area contributed by atoms with Crippen LogP contribution in [0.5, 0.6) is 0 Å². The lowest BCUT2D eigenvalue weighted by Gasteiger charge is -2.39. The minimum atomic E-state index is -1.15. The number of hydrogen-bond acceptors (Lipinski definition) is 6. The molecule has 0 saturated carbocycles. The van der Waals surface area contributed by atoms with E-state index in [0.29, 0.717) is 62.4 Å². The van der Waals surface area contributed by atoms with E-state index in [1.54, 1.807) is 11.1 Å². The summed E-state index contributed by atoms with van der Waals surface area (Å²) in [7, 11) is 1.52. The summed E-state index contributed by atoms with van der Waals surface area (Å²) >= 11 is 0. The van der Waals surface area contributed by atoms with E-state index >= 15 is 0 Å². The number of amides is 4. The number of hydrogen-bond donors (Lipinski definition) is 3. The minimum Gasteiger partial charge on any atom is -0.417 e. The average Bonchev–Trinajstić information content (AvgIpc) is 3.42. The molecule has 4 amide bonds. The number of ketones is 1. The highest BCUT2D eigenvalue weighted by Gasteiger charge is 2.41. The molecule has 2 aromatic rings. The van der Waals surface area contributed by atoms with Gasteiger partial charge < -0.3 is 25.7 Å². The molecular formula is C33H47N5O6. The van der Waals surface area contributed by atoms with Crippen LogP contribution in [0.3, 0.4) is 0 Å². The molecule has 3 heterocycles. The minimum absolute atomic E-state index is 0.198. The van der Waals surface area contributed by atoms with Crippen molar-refractivity contribution in [2.24, 2.45) is 5.92 Å². The lowest BCUT2D eigenvalue weighted by atomic mass is 9.93. The molecule has 240 valence electrons. The molecule has 44 heavy (non-hydrogen) atoms. The Morgan fingerprint density at radius 1 is 0.977 bits per heavy atom. The van der Waals surface area contributed by atoms with Crippen molar-refractivity contribution in [3.05, 3.63) is 36.0 Å². The fourth-order valence-electron chi connectivity index (χ4n) is 6.21. The molecule has 2 saturated heterocycles. The molecule has 0 spiro atoms. The number of aromatic nitrogens is 1. The molecule has 0 bridgehead atoms. The lowest BCUT2D eigenvalue weighted by Crippen LogP contribution is -2.62. The summed E-state index contributed by atoms with van der Waals surface area (Å²) in [5.74, 6) is -1.63. The smallest absolute Gasteiger partial charge is 0.247 e. The maximum atomic E-state index is 14.2. The summed E-state index contributed by atoms with van der Waals surface area (Å²) in [6.45, 7) is 6.11. The van der Waals surface area contributed by atoms with Gasteiger partial charge in [-0.25, -0.2) is 0 Å². The van der Waals surface area contributed by atoms with Gasteiger partial charge >= 0.3 is 0 Å². The summed E-state index contributed by atoms with van der Waals surface area (Å²) in [4.78, 5) is 74.7. The van der Waals surface area contributed by atoms with Gasteiger partial charge in [-0.2, -0.15) is 4.73 Å². The molecule has 11 nitrogen and oxygen atoms in total. The number of carbonyl (C=O) groups excluding carboxylic acids is 5. The molecule has 5 atom stereocenters. The van der Waals surface area contributed by atoms with Crippen LogP contribution in [0.15, 0.2) is 30.5 Å². The van der Waals surface area contributed by atoms with Crippen molar-refractivity contribution >= 4 is 40.3 Å². The molecule has 1 aromatic heterocycles. The van der Waals surface area contributed by atoms with Gasteiger partial charge in [0.05, 0.1) is 11.7 Å². The molecule has 0 aliphatic carbocycles. The number of nitrogens with zero attached hydrogens (tertiary/aromatic N) is 2. The molecule has 3 N–H and O–H groups in total. The topological polar surface area (TPSA) is 139 Å². The summed E-state index contributed by atoms with van der Waals surface area (Å²) in [5, 5.41) is 9.55. The van der Waals surface area contributed by atoms with Gasteiger partial charge in [0, 0.05) is 30.3 Å². The van der Waals surface area contributed by atoms with Crippen molar-refractivity contribution in [2.75, 3.05) is 13.7 Å². The summed E-state index contributed by atoms with van der Waals surface area (Å²) in [6.07, 6.45) is 7.70. The highest BCUT2D eigenvalue weighted by Crippen LogP contribution is 2.28. The first kappa shape index (κ1) is 33.0. The van der Waals surface area contributed by atoms with Gasteiger partial charge in [0.1, 0.15) is 37.1 Å². The third kappa shape index (κ3) is 7.42. The van der Waals surface area contributed by atoms with Crippen LogP contribution in [-0.2, 0) is 24.0 Å². The molecule has 0 radical (unpaired) electrons. The number of unbranched alkanes of at least 4 members (excludes halogenated alkanes) is 2. The highest BCUT2D eigenvalue weighted by molar-refractivity contribution is 6.00. The molecule has 11 heteroatoms. The molecule has 5 unspecified atom stereocenters. The van der Waals surface area contributed by atoms with Crippen molar-refractivity contribution < 1.29 is 28.8 Å². The normalized spacial score (nSPS) is 24.0. The quantitative estimate of drug-likeness (QED) is 0.335. The average molecular weight is 610 g/mol. The number of nitrogens with one attached hydrogen (secondary N) is 3. The van der Waals surface area contributed by atoms with Gasteiger partial charge in [-0.15, -0.1) is 0 Å². The van der Waals surface area contributed by atoms with Crippen molar-refractivity contribution in [1.29, 1.82) is 0 Å². The van der Waals surface area contributed by atoms with E-state index < -0.39 is 36.0 Å². The largest absolute Gasteiger partial charge is 0.417 e. The summed E-state index contributed by atoms with van der Waals surface area (Å²) < 4.78 is 1.53. The Balaban J connectivity index is 1.72. The highest BCUT2D eigenvalue weighted by atomic mass is 16.6. The first-order valence-electron chi connectivity index (χ1n) is 16.1. The van der Waals surface area contributed by atoms with Crippen molar-refractivity contribution in [3.63, 3.8) is 0 Å². The van der Waals surface area contributed by atoms with Crippen LogP contribution < -0.4 is 20.8 Å². The lowest BCUT2D eigenvalue weighted by molar-refractivity contribution is -0.147. The van der Waals surface area contributed by atoms with E-state index in [2.05, 4.69) is 16.0 Å². The van der Waals surface area contributed by atoms with Crippen LogP contribution >= 0.6 is 0 Å². The standard InChI is InChI=1S/C33H47N5O6/c1-5-21(3)28-33(43)37-19-13-12-18-27(37)31(41)34-25(16-9-7-8-14-22(39)6-2)30(40)36-29(32(42)35-28)24-20-38(44-4)26-17-11-10-15-23(24)26/h10-11,15,17,20-21,25,27-29H,5-9,12-14,16,18-19H2,1-4H3,(H,34,41)(H,35,42)(H,36,40). The molecule has 2 fully saturated rings. The van der Waals surface area contributed by atoms with Gasteiger partial charge in [-0.1, -0.05) is 58.2 Å². The monoisotopic (exact) mass is 609 g/mol. The zero-order valence-corrected chi connectivity index (χ0v) is 26.4. The van der Waals surface area contributed by atoms with E-state index in [0.717, 1.165) is 24.8 Å². The van der Waals surface area contributed by atoms with Crippen LogP contribution in [0, 0.1) is 5.92 Å². The molecular weight excluding hydrogens is 562 g/mol. The van der Waals surface area contributed by atoms with Gasteiger partial charge in [-0.3, -0.25) is 24.0 Å². The maximum absolute atomic E-state index is 14.2. The maximum Gasteiger partial charge on any atom is 0.247 e. The predicted octanol–water partition coefficient (Wildman–Crippen LogP) is 3.20. The van der Waals surface area contributed by atoms with Gasteiger partial charge in [0.15, 0.2) is 0 Å². The number of para-hydroxylation sites is 1. The number of piperidine rings is 1. The van der Waals surface area contributed by atoms with E-state index in [9.17, 15) is 24.0 Å². The SMILES string of the molecule is CCC(=O)CCCCCC1NC(=O)C2CCCCN2C(=O)C(C(C)CC)NC(=O)C(c2cn(OC)c3ccccc23)NC1=O. The first-order chi connectivity index (χ1) is 21.2. The van der Waals surface area contributed by atoms with E-state index in [1.807, 2.05) is 45.0 Å². The van der Waals surface area contributed by atoms with Crippen LogP contribution in [0.4, 0.5) is 0 Å². The molecule has 2 aliphatic rings. The summed E-state index contributed by atoms with van der Waals surface area (Å²) in [6, 6.07) is 3.75. The van der Waals surface area contributed by atoms with E-state index in [4.69, 9.17) is 4.84 Å². The van der Waals surface area contributed by atoms with Gasteiger partial charge in [-0.05, 0) is 44.1 Å². The molecule has 2 aliphatic heterocycles. The van der Waals surface area contributed by atoms with E-state index in [1.165, 1.54) is 11.8 Å². The van der Waals surface area contributed by atoms with Crippen LogP contribution in [0.2, 0.25) is 0 Å². The Morgan fingerprint density at radius 3 is 2.48 bits per heavy atom. The third-order valence-electron chi connectivity index (χ3n) is 9.11. The predicted molar refractivity (Wildman–Crippen MR) is 166 cm³/mol. The number of rotatable bonds is 11.